The number of ether oxygens (including phenoxy) is 1. The maximum Gasteiger partial charge on any atom is 0.0522 e. The lowest BCUT2D eigenvalue weighted by atomic mass is 10.2. The number of methoxy groups -OCH3 is 1. The summed E-state index contributed by atoms with van der Waals surface area (Å²) in [7, 11) is 1.72. The van der Waals surface area contributed by atoms with Crippen molar-refractivity contribution in [3.05, 3.63) is 12.2 Å². The van der Waals surface area contributed by atoms with Gasteiger partial charge in [0.1, 0.15) is 0 Å². The lowest BCUT2D eigenvalue weighted by Crippen LogP contribution is -1.98. The maximum absolute atomic E-state index is 4.90. The predicted octanol–water partition coefficient (Wildman–Crippen LogP) is 1.84. The molecule has 1 heteroatoms. The van der Waals surface area contributed by atoms with Crippen LogP contribution in [0.1, 0.15) is 13.8 Å². The predicted molar refractivity (Wildman–Crippen MR) is 35.9 cm³/mol. The molecule has 0 aromatic rings. The molecule has 48 valence electrons. The fraction of sp³-hybridized carbons (Fsp3) is 0.714. The standard InChI is InChI=1S/C7H14O/c1-4-5-7(2)6-8-3/h4-5,7H,6H2,1-3H3/b5-4+. The van der Waals surface area contributed by atoms with Crippen molar-refractivity contribution in [2.45, 2.75) is 13.8 Å². The van der Waals surface area contributed by atoms with Crippen LogP contribution in [-0.2, 0) is 4.74 Å². The second-order valence-corrected chi connectivity index (χ2v) is 1.96. The molecule has 0 saturated heterocycles. The van der Waals surface area contributed by atoms with Crippen molar-refractivity contribution >= 4 is 0 Å². The van der Waals surface area contributed by atoms with Gasteiger partial charge in [0.25, 0.3) is 0 Å². The van der Waals surface area contributed by atoms with Gasteiger partial charge in [0.2, 0.25) is 0 Å². The molecule has 8 heavy (non-hydrogen) atoms. The molecule has 0 aliphatic rings. The molecule has 0 fully saturated rings. The Hall–Kier alpha value is -0.300. The maximum atomic E-state index is 4.90. The quantitative estimate of drug-likeness (QED) is 0.509. The molecule has 0 amide bonds. The molecule has 0 aliphatic heterocycles. The van der Waals surface area contributed by atoms with Gasteiger partial charge in [-0.05, 0) is 12.8 Å². The van der Waals surface area contributed by atoms with Gasteiger partial charge in [-0.15, -0.1) is 0 Å². The second-order valence-electron chi connectivity index (χ2n) is 1.96. The van der Waals surface area contributed by atoms with Gasteiger partial charge in [0.05, 0.1) is 6.61 Å². The summed E-state index contributed by atoms with van der Waals surface area (Å²) in [6, 6.07) is 0. The van der Waals surface area contributed by atoms with Crippen molar-refractivity contribution in [3.63, 3.8) is 0 Å². The summed E-state index contributed by atoms with van der Waals surface area (Å²) in [6.07, 6.45) is 4.17. The van der Waals surface area contributed by atoms with Gasteiger partial charge in [0, 0.05) is 7.11 Å². The average Bonchev–Trinajstić information content (AvgIpc) is 1.68. The van der Waals surface area contributed by atoms with Crippen LogP contribution in [0.5, 0.6) is 0 Å². The monoisotopic (exact) mass is 114 g/mol. The highest BCUT2D eigenvalue weighted by atomic mass is 16.5. The molecule has 0 N–H and O–H groups in total. The summed E-state index contributed by atoms with van der Waals surface area (Å²) in [5.74, 6) is 0.560. The lowest BCUT2D eigenvalue weighted by molar-refractivity contribution is 0.176. The average molecular weight is 114 g/mol. The minimum absolute atomic E-state index is 0.560. The molecule has 0 spiro atoms. The fourth-order valence-electron chi connectivity index (χ4n) is 0.647. The van der Waals surface area contributed by atoms with E-state index in [1.807, 2.05) is 13.0 Å². The Labute approximate surface area is 51.4 Å². The zero-order valence-corrected chi connectivity index (χ0v) is 5.85. The van der Waals surface area contributed by atoms with Crippen molar-refractivity contribution in [1.82, 2.24) is 0 Å². The Bertz CT molecular complexity index is 66.8. The molecule has 0 aliphatic carbocycles. The first kappa shape index (κ1) is 7.70. The Morgan fingerprint density at radius 1 is 1.62 bits per heavy atom. The smallest absolute Gasteiger partial charge is 0.0522 e. The number of hydrogen-bond acceptors (Lipinski definition) is 1. The third-order valence-electron chi connectivity index (χ3n) is 0.951. The van der Waals surface area contributed by atoms with Crippen LogP contribution >= 0.6 is 0 Å². The number of allylic oxidation sites excluding steroid dienone is 1. The summed E-state index contributed by atoms with van der Waals surface area (Å²) in [5, 5.41) is 0. The van der Waals surface area contributed by atoms with E-state index in [2.05, 4.69) is 13.0 Å². The van der Waals surface area contributed by atoms with Crippen LogP contribution in [0.4, 0.5) is 0 Å². The van der Waals surface area contributed by atoms with Crippen LogP contribution in [-0.4, -0.2) is 13.7 Å². The first-order valence-corrected chi connectivity index (χ1v) is 2.93. The van der Waals surface area contributed by atoms with Crippen molar-refractivity contribution in [3.8, 4) is 0 Å². The Morgan fingerprint density at radius 2 is 2.25 bits per heavy atom. The van der Waals surface area contributed by atoms with Crippen LogP contribution < -0.4 is 0 Å². The molecule has 0 rings (SSSR count). The van der Waals surface area contributed by atoms with E-state index in [0.717, 1.165) is 6.61 Å². The summed E-state index contributed by atoms with van der Waals surface area (Å²) < 4.78 is 4.90. The van der Waals surface area contributed by atoms with Crippen LogP contribution in [0.15, 0.2) is 12.2 Å². The lowest BCUT2D eigenvalue weighted by Gasteiger charge is -2.00. The van der Waals surface area contributed by atoms with E-state index in [4.69, 9.17) is 4.74 Å². The molecule has 0 aromatic carbocycles. The van der Waals surface area contributed by atoms with Gasteiger partial charge < -0.3 is 4.74 Å². The van der Waals surface area contributed by atoms with Gasteiger partial charge in [-0.25, -0.2) is 0 Å². The normalized spacial score (nSPS) is 14.9. The molecule has 0 radical (unpaired) electrons. The Balaban J connectivity index is 3.17. The van der Waals surface area contributed by atoms with E-state index in [9.17, 15) is 0 Å². The SMILES string of the molecule is C/C=C/C(C)COC. The van der Waals surface area contributed by atoms with Crippen molar-refractivity contribution in [2.75, 3.05) is 13.7 Å². The summed E-state index contributed by atoms with van der Waals surface area (Å²) >= 11 is 0. The van der Waals surface area contributed by atoms with Gasteiger partial charge in [-0.3, -0.25) is 0 Å². The molecule has 0 saturated carbocycles. The Morgan fingerprint density at radius 3 is 2.62 bits per heavy atom. The van der Waals surface area contributed by atoms with Crippen LogP contribution in [0.2, 0.25) is 0 Å². The van der Waals surface area contributed by atoms with Crippen LogP contribution in [0, 0.1) is 5.92 Å². The van der Waals surface area contributed by atoms with E-state index in [0.29, 0.717) is 5.92 Å². The van der Waals surface area contributed by atoms with Gasteiger partial charge in [-0.2, -0.15) is 0 Å². The van der Waals surface area contributed by atoms with Gasteiger partial charge >= 0.3 is 0 Å². The van der Waals surface area contributed by atoms with Gasteiger partial charge in [0.15, 0.2) is 0 Å². The highest BCUT2D eigenvalue weighted by Gasteiger charge is 1.90. The summed E-state index contributed by atoms with van der Waals surface area (Å²) in [4.78, 5) is 0. The van der Waals surface area contributed by atoms with Crippen molar-refractivity contribution in [1.29, 1.82) is 0 Å². The van der Waals surface area contributed by atoms with Crippen LogP contribution in [0.25, 0.3) is 0 Å². The molecular formula is C7H14O. The first-order chi connectivity index (χ1) is 3.81. The molecule has 1 nitrogen and oxygen atoms in total. The minimum atomic E-state index is 0.560. The highest BCUT2D eigenvalue weighted by molar-refractivity contribution is 4.82. The van der Waals surface area contributed by atoms with E-state index in [-0.39, 0.29) is 0 Å². The van der Waals surface area contributed by atoms with Crippen LogP contribution in [0.3, 0.4) is 0 Å². The molecule has 1 unspecified atom stereocenters. The van der Waals surface area contributed by atoms with Gasteiger partial charge in [-0.1, -0.05) is 19.1 Å². The second kappa shape index (κ2) is 4.85. The third kappa shape index (κ3) is 3.88. The molecular weight excluding hydrogens is 100 g/mol. The van der Waals surface area contributed by atoms with E-state index >= 15 is 0 Å². The summed E-state index contributed by atoms with van der Waals surface area (Å²) in [5.41, 5.74) is 0. The first-order valence-electron chi connectivity index (χ1n) is 2.93. The molecule has 0 heterocycles. The third-order valence-corrected chi connectivity index (χ3v) is 0.951. The number of hydrogen-bond donors (Lipinski definition) is 0. The van der Waals surface area contributed by atoms with Crippen molar-refractivity contribution < 1.29 is 4.74 Å². The largest absolute Gasteiger partial charge is 0.384 e. The summed E-state index contributed by atoms with van der Waals surface area (Å²) in [6.45, 7) is 4.97. The fourth-order valence-corrected chi connectivity index (χ4v) is 0.647. The zero-order chi connectivity index (χ0) is 6.41. The Kier molecular flexibility index (Phi) is 4.67. The van der Waals surface area contributed by atoms with Crippen molar-refractivity contribution in [2.24, 2.45) is 5.92 Å². The zero-order valence-electron chi connectivity index (χ0n) is 5.85. The molecule has 1 atom stereocenters. The van der Waals surface area contributed by atoms with E-state index in [1.54, 1.807) is 7.11 Å². The van der Waals surface area contributed by atoms with E-state index < -0.39 is 0 Å². The molecule has 0 bridgehead atoms. The molecule has 0 aromatic heterocycles. The van der Waals surface area contributed by atoms with E-state index in [1.165, 1.54) is 0 Å². The highest BCUT2D eigenvalue weighted by Crippen LogP contribution is 1.95. The topological polar surface area (TPSA) is 9.23 Å². The number of rotatable bonds is 3. The minimum Gasteiger partial charge on any atom is -0.384 e.